The van der Waals surface area contributed by atoms with Crippen LogP contribution in [0.1, 0.15) is 25.7 Å². The molecule has 1 rings (SSSR count). The molecule has 18 heavy (non-hydrogen) atoms. The summed E-state index contributed by atoms with van der Waals surface area (Å²) in [5, 5.41) is 0. The topological polar surface area (TPSA) is 26.8 Å². The van der Waals surface area contributed by atoms with Crippen LogP contribution in [0.15, 0.2) is 0 Å². The van der Waals surface area contributed by atoms with Crippen LogP contribution in [0, 0.1) is 11.8 Å². The molecule has 106 valence electrons. The summed E-state index contributed by atoms with van der Waals surface area (Å²) in [7, 11) is 9.83. The number of nitrogens with zero attached hydrogens (tertiary/aromatic N) is 3. The molecule has 0 atom stereocenters. The summed E-state index contributed by atoms with van der Waals surface area (Å²) in [6.07, 6.45) is 5.16. The van der Waals surface area contributed by atoms with E-state index in [4.69, 9.17) is 0 Å². The zero-order valence-corrected chi connectivity index (χ0v) is 12.6. The lowest BCUT2D eigenvalue weighted by Gasteiger charge is -2.33. The first kappa shape index (κ1) is 15.3. The van der Waals surface area contributed by atoms with Crippen LogP contribution in [-0.2, 0) is 0 Å². The van der Waals surface area contributed by atoms with E-state index in [1.807, 2.05) is 26.0 Å². The van der Waals surface area contributed by atoms with Gasteiger partial charge in [-0.25, -0.2) is 4.79 Å². The van der Waals surface area contributed by atoms with Gasteiger partial charge in [-0.05, 0) is 51.6 Å². The SMILES string of the molecule is CN(C)CC1CCC(CN(C)C(=O)N(C)C)CC1. The summed E-state index contributed by atoms with van der Waals surface area (Å²) < 4.78 is 0. The summed E-state index contributed by atoms with van der Waals surface area (Å²) in [5.41, 5.74) is 0. The molecular formula is C14H29N3O. The highest BCUT2D eigenvalue weighted by molar-refractivity contribution is 5.73. The van der Waals surface area contributed by atoms with Gasteiger partial charge in [0.2, 0.25) is 0 Å². The summed E-state index contributed by atoms with van der Waals surface area (Å²) in [5.74, 6) is 1.54. The molecule has 0 aromatic heterocycles. The lowest BCUT2D eigenvalue weighted by Crippen LogP contribution is -2.40. The van der Waals surface area contributed by atoms with Gasteiger partial charge in [0.15, 0.2) is 0 Å². The van der Waals surface area contributed by atoms with Crippen LogP contribution >= 0.6 is 0 Å². The molecule has 0 aromatic carbocycles. The fraction of sp³-hybridized carbons (Fsp3) is 0.929. The normalized spacial score (nSPS) is 24.1. The quantitative estimate of drug-likeness (QED) is 0.768. The number of hydrogen-bond acceptors (Lipinski definition) is 2. The van der Waals surface area contributed by atoms with Crippen LogP contribution in [0.3, 0.4) is 0 Å². The fourth-order valence-corrected chi connectivity index (χ4v) is 2.92. The summed E-state index contributed by atoms with van der Waals surface area (Å²) >= 11 is 0. The molecule has 0 bridgehead atoms. The number of carbonyl (C=O) groups excluding carboxylic acids is 1. The van der Waals surface area contributed by atoms with E-state index in [0.29, 0.717) is 5.92 Å². The van der Waals surface area contributed by atoms with Crippen LogP contribution in [0.25, 0.3) is 0 Å². The Labute approximate surface area is 112 Å². The smallest absolute Gasteiger partial charge is 0.319 e. The number of rotatable bonds is 4. The van der Waals surface area contributed by atoms with Gasteiger partial charge in [-0.1, -0.05) is 0 Å². The monoisotopic (exact) mass is 255 g/mol. The minimum absolute atomic E-state index is 0.116. The predicted molar refractivity (Wildman–Crippen MR) is 75.7 cm³/mol. The maximum Gasteiger partial charge on any atom is 0.319 e. The third-order valence-electron chi connectivity index (χ3n) is 3.83. The van der Waals surface area contributed by atoms with Crippen molar-refractivity contribution >= 4 is 6.03 Å². The number of hydrogen-bond donors (Lipinski definition) is 0. The van der Waals surface area contributed by atoms with Gasteiger partial charge in [0.05, 0.1) is 0 Å². The van der Waals surface area contributed by atoms with Crippen molar-refractivity contribution in [2.45, 2.75) is 25.7 Å². The molecule has 0 aliphatic heterocycles. The van der Waals surface area contributed by atoms with Gasteiger partial charge in [0.25, 0.3) is 0 Å². The van der Waals surface area contributed by atoms with Gasteiger partial charge < -0.3 is 14.7 Å². The van der Waals surface area contributed by atoms with Crippen LogP contribution in [0.5, 0.6) is 0 Å². The lowest BCUT2D eigenvalue weighted by atomic mass is 9.81. The van der Waals surface area contributed by atoms with E-state index >= 15 is 0 Å². The molecule has 2 amide bonds. The summed E-state index contributed by atoms with van der Waals surface area (Å²) in [6, 6.07) is 0.116. The highest BCUT2D eigenvalue weighted by atomic mass is 16.2. The van der Waals surface area contributed by atoms with Crippen molar-refractivity contribution in [2.24, 2.45) is 11.8 Å². The first-order valence-electron chi connectivity index (χ1n) is 6.97. The van der Waals surface area contributed by atoms with Crippen molar-refractivity contribution in [3.63, 3.8) is 0 Å². The average Bonchev–Trinajstić information content (AvgIpc) is 2.29. The van der Waals surface area contributed by atoms with Crippen molar-refractivity contribution in [1.82, 2.24) is 14.7 Å². The van der Waals surface area contributed by atoms with Crippen molar-refractivity contribution < 1.29 is 4.79 Å². The molecule has 0 heterocycles. The Morgan fingerprint density at radius 2 is 1.33 bits per heavy atom. The Bertz CT molecular complexity index is 258. The third-order valence-corrected chi connectivity index (χ3v) is 3.83. The maximum absolute atomic E-state index is 11.8. The van der Waals surface area contributed by atoms with Gasteiger partial charge in [-0.3, -0.25) is 0 Å². The lowest BCUT2D eigenvalue weighted by molar-refractivity contribution is 0.157. The largest absolute Gasteiger partial charge is 0.331 e. The van der Waals surface area contributed by atoms with Gasteiger partial charge in [0, 0.05) is 34.2 Å². The van der Waals surface area contributed by atoms with Gasteiger partial charge in [-0.15, -0.1) is 0 Å². The molecule has 0 aromatic rings. The van der Waals surface area contributed by atoms with Crippen LogP contribution in [0.2, 0.25) is 0 Å². The van der Waals surface area contributed by atoms with E-state index in [1.54, 1.807) is 4.90 Å². The second-order valence-electron chi connectivity index (χ2n) is 6.21. The first-order chi connectivity index (χ1) is 8.40. The number of carbonyl (C=O) groups is 1. The molecule has 4 heteroatoms. The van der Waals surface area contributed by atoms with E-state index in [1.165, 1.54) is 32.2 Å². The van der Waals surface area contributed by atoms with Gasteiger partial charge in [-0.2, -0.15) is 0 Å². The first-order valence-corrected chi connectivity index (χ1v) is 6.97. The van der Waals surface area contributed by atoms with Crippen LogP contribution in [-0.4, -0.2) is 69.1 Å². The molecule has 1 saturated carbocycles. The Morgan fingerprint density at radius 1 is 0.889 bits per heavy atom. The Morgan fingerprint density at radius 3 is 1.72 bits per heavy atom. The van der Waals surface area contributed by atoms with E-state index in [2.05, 4.69) is 19.0 Å². The molecule has 0 N–H and O–H groups in total. The summed E-state index contributed by atoms with van der Waals surface area (Å²) in [6.45, 7) is 2.12. The minimum atomic E-state index is 0.116. The van der Waals surface area contributed by atoms with Crippen molar-refractivity contribution in [3.8, 4) is 0 Å². The molecule has 0 unspecified atom stereocenters. The Balaban J connectivity index is 2.29. The molecule has 1 aliphatic rings. The second-order valence-corrected chi connectivity index (χ2v) is 6.21. The Kier molecular flexibility index (Phi) is 5.93. The van der Waals surface area contributed by atoms with Crippen LogP contribution < -0.4 is 0 Å². The highest BCUT2D eigenvalue weighted by Gasteiger charge is 2.24. The van der Waals surface area contributed by atoms with Crippen molar-refractivity contribution in [1.29, 1.82) is 0 Å². The molecular weight excluding hydrogens is 226 g/mol. The van der Waals surface area contributed by atoms with Gasteiger partial charge >= 0.3 is 6.03 Å². The molecule has 0 saturated heterocycles. The molecule has 4 nitrogen and oxygen atoms in total. The zero-order valence-electron chi connectivity index (χ0n) is 12.6. The van der Waals surface area contributed by atoms with E-state index in [-0.39, 0.29) is 6.03 Å². The highest BCUT2D eigenvalue weighted by Crippen LogP contribution is 2.29. The number of urea groups is 1. The van der Waals surface area contributed by atoms with E-state index < -0.39 is 0 Å². The predicted octanol–water partition coefficient (Wildman–Crippen LogP) is 1.97. The van der Waals surface area contributed by atoms with Crippen molar-refractivity contribution in [3.05, 3.63) is 0 Å². The van der Waals surface area contributed by atoms with Crippen molar-refractivity contribution in [2.75, 3.05) is 48.3 Å². The average molecular weight is 255 g/mol. The molecule has 1 fully saturated rings. The summed E-state index contributed by atoms with van der Waals surface area (Å²) in [4.78, 5) is 17.6. The minimum Gasteiger partial charge on any atom is -0.331 e. The zero-order chi connectivity index (χ0) is 13.7. The molecule has 1 aliphatic carbocycles. The molecule has 0 spiro atoms. The maximum atomic E-state index is 11.8. The fourth-order valence-electron chi connectivity index (χ4n) is 2.92. The number of amides is 2. The van der Waals surface area contributed by atoms with E-state index in [0.717, 1.165) is 12.5 Å². The second kappa shape index (κ2) is 6.98. The van der Waals surface area contributed by atoms with E-state index in [9.17, 15) is 4.79 Å². The standard InChI is InChI=1S/C14H29N3O/c1-15(2)10-12-6-8-13(9-7-12)11-17(5)14(18)16(3)4/h12-13H,6-11H2,1-5H3. The van der Waals surface area contributed by atoms with Crippen LogP contribution in [0.4, 0.5) is 4.79 Å². The third kappa shape index (κ3) is 4.84. The molecule has 0 radical (unpaired) electrons. The van der Waals surface area contributed by atoms with Gasteiger partial charge in [0.1, 0.15) is 0 Å². The Hall–Kier alpha value is -0.770.